The molecule has 0 spiro atoms. The first-order valence-electron chi connectivity index (χ1n) is 5.66. The minimum atomic E-state index is -4.57. The Bertz CT molecular complexity index is 770. The first kappa shape index (κ1) is 14.2. The summed E-state index contributed by atoms with van der Waals surface area (Å²) in [7, 11) is 0. The highest BCUT2D eigenvalue weighted by Gasteiger charge is 2.33. The van der Waals surface area contributed by atoms with Crippen LogP contribution in [0.15, 0.2) is 40.5 Å². The number of alkyl halides is 3. The van der Waals surface area contributed by atoms with E-state index in [2.05, 4.69) is 19.9 Å². The molecule has 3 rings (SSSR count). The van der Waals surface area contributed by atoms with Crippen molar-refractivity contribution in [3.05, 3.63) is 41.3 Å². The molecule has 2 heterocycles. The molecule has 21 heavy (non-hydrogen) atoms. The average molecular weight is 331 g/mol. The van der Waals surface area contributed by atoms with Crippen molar-refractivity contribution < 1.29 is 13.2 Å². The summed E-state index contributed by atoms with van der Waals surface area (Å²) in [4.78, 5) is 14.2. The minimum Gasteiger partial charge on any atom is -0.333 e. The molecule has 4 nitrogen and oxygen atoms in total. The highest BCUT2D eigenvalue weighted by atomic mass is 35.5. The Morgan fingerprint density at radius 3 is 2.57 bits per heavy atom. The number of para-hydroxylation sites is 2. The van der Waals surface area contributed by atoms with Gasteiger partial charge in [-0.1, -0.05) is 12.1 Å². The number of nitrogens with zero attached hydrogens (tertiary/aromatic N) is 3. The lowest BCUT2D eigenvalue weighted by molar-refractivity contribution is -0.141. The number of aromatic nitrogens is 4. The zero-order valence-corrected chi connectivity index (χ0v) is 11.7. The number of fused-ring (bicyclic) bond motifs is 1. The third-order valence-corrected chi connectivity index (χ3v) is 3.51. The highest BCUT2D eigenvalue weighted by Crippen LogP contribution is 2.32. The number of rotatable bonds is 2. The largest absolute Gasteiger partial charge is 0.433 e. The maximum atomic E-state index is 12.7. The van der Waals surface area contributed by atoms with Crippen LogP contribution >= 0.6 is 23.4 Å². The zero-order valence-electron chi connectivity index (χ0n) is 10.1. The van der Waals surface area contributed by atoms with E-state index in [0.717, 1.165) is 28.9 Å². The Morgan fingerprint density at radius 2 is 1.86 bits per heavy atom. The zero-order chi connectivity index (χ0) is 15.0. The molecule has 3 aromatic rings. The normalized spacial score (nSPS) is 12.0. The van der Waals surface area contributed by atoms with E-state index < -0.39 is 17.2 Å². The van der Waals surface area contributed by atoms with Crippen molar-refractivity contribution >= 4 is 34.4 Å². The maximum Gasteiger partial charge on any atom is 0.433 e. The maximum absolute atomic E-state index is 12.7. The van der Waals surface area contributed by atoms with Crippen molar-refractivity contribution in [2.24, 2.45) is 0 Å². The van der Waals surface area contributed by atoms with Crippen LogP contribution in [0.5, 0.6) is 0 Å². The van der Waals surface area contributed by atoms with Crippen molar-refractivity contribution in [2.45, 2.75) is 16.4 Å². The lowest BCUT2D eigenvalue weighted by Crippen LogP contribution is -2.09. The number of nitrogens with one attached hydrogen (secondary N) is 1. The second-order valence-electron chi connectivity index (χ2n) is 4.02. The summed E-state index contributed by atoms with van der Waals surface area (Å²) in [5, 5.41) is 0.0453. The number of aromatic amines is 1. The van der Waals surface area contributed by atoms with Crippen molar-refractivity contribution in [3.63, 3.8) is 0 Å². The topological polar surface area (TPSA) is 54.5 Å². The Morgan fingerprint density at radius 1 is 1.10 bits per heavy atom. The molecule has 0 aliphatic carbocycles. The van der Waals surface area contributed by atoms with Gasteiger partial charge in [-0.15, -0.1) is 0 Å². The lowest BCUT2D eigenvalue weighted by Gasteiger charge is -2.06. The summed E-state index contributed by atoms with van der Waals surface area (Å²) < 4.78 is 38.0. The van der Waals surface area contributed by atoms with Crippen molar-refractivity contribution in [1.82, 2.24) is 19.9 Å². The van der Waals surface area contributed by atoms with Gasteiger partial charge in [0.25, 0.3) is 0 Å². The van der Waals surface area contributed by atoms with E-state index in [0.29, 0.717) is 5.16 Å². The van der Waals surface area contributed by atoms with Crippen LogP contribution < -0.4 is 0 Å². The molecule has 108 valence electrons. The average Bonchev–Trinajstić information content (AvgIpc) is 2.79. The van der Waals surface area contributed by atoms with Gasteiger partial charge in [0.15, 0.2) is 10.9 Å². The molecule has 1 aromatic carbocycles. The molecule has 0 aliphatic heterocycles. The Kier molecular flexibility index (Phi) is 3.50. The van der Waals surface area contributed by atoms with Gasteiger partial charge in [-0.25, -0.2) is 15.0 Å². The van der Waals surface area contributed by atoms with Crippen LogP contribution in [0.2, 0.25) is 5.28 Å². The lowest BCUT2D eigenvalue weighted by atomic mass is 10.3. The summed E-state index contributed by atoms with van der Waals surface area (Å²) in [6.45, 7) is 0. The molecule has 0 bridgehead atoms. The predicted octanol–water partition coefficient (Wildman–Crippen LogP) is 4.18. The summed E-state index contributed by atoms with van der Waals surface area (Å²) in [6.07, 6.45) is -4.57. The number of H-pyrrole nitrogens is 1. The molecule has 9 heteroatoms. The van der Waals surface area contributed by atoms with E-state index in [1.807, 2.05) is 18.2 Å². The van der Waals surface area contributed by atoms with Gasteiger partial charge >= 0.3 is 6.18 Å². The van der Waals surface area contributed by atoms with Crippen molar-refractivity contribution in [3.8, 4) is 0 Å². The Labute approximate surface area is 125 Å². The fourth-order valence-electron chi connectivity index (χ4n) is 1.67. The molecule has 0 amide bonds. The third kappa shape index (κ3) is 3.11. The summed E-state index contributed by atoms with van der Waals surface area (Å²) in [5.74, 6) is 0. The summed E-state index contributed by atoms with van der Waals surface area (Å²) in [5.41, 5.74) is 0.425. The van der Waals surface area contributed by atoms with Crippen LogP contribution in [0.1, 0.15) is 5.69 Å². The molecule has 0 fully saturated rings. The van der Waals surface area contributed by atoms with Gasteiger partial charge in [0.05, 0.1) is 11.0 Å². The molecule has 1 N–H and O–H groups in total. The van der Waals surface area contributed by atoms with Gasteiger partial charge in [0.1, 0.15) is 5.03 Å². The number of hydrogen-bond donors (Lipinski definition) is 1. The van der Waals surface area contributed by atoms with E-state index in [1.165, 1.54) is 0 Å². The molecule has 0 saturated heterocycles. The predicted molar refractivity (Wildman–Crippen MR) is 72.3 cm³/mol. The second kappa shape index (κ2) is 5.19. The van der Waals surface area contributed by atoms with Crippen molar-refractivity contribution in [1.29, 1.82) is 0 Å². The van der Waals surface area contributed by atoms with Gasteiger partial charge in [-0.3, -0.25) is 0 Å². The van der Waals surface area contributed by atoms with Crippen molar-refractivity contribution in [2.75, 3.05) is 0 Å². The fraction of sp³-hybridized carbons (Fsp3) is 0.0833. The third-order valence-electron chi connectivity index (χ3n) is 2.53. The van der Waals surface area contributed by atoms with Crippen LogP contribution in [0.3, 0.4) is 0 Å². The van der Waals surface area contributed by atoms with E-state index in [9.17, 15) is 13.2 Å². The fourth-order valence-corrected chi connectivity index (χ4v) is 2.71. The van der Waals surface area contributed by atoms with Crippen LogP contribution in [0.4, 0.5) is 13.2 Å². The summed E-state index contributed by atoms with van der Waals surface area (Å²) in [6, 6.07) is 8.10. The monoisotopic (exact) mass is 330 g/mol. The first-order valence-corrected chi connectivity index (χ1v) is 6.85. The molecule has 0 aliphatic rings. The van der Waals surface area contributed by atoms with E-state index >= 15 is 0 Å². The molecule has 0 radical (unpaired) electrons. The molecular weight excluding hydrogens is 325 g/mol. The second-order valence-corrected chi connectivity index (χ2v) is 5.37. The Hall–Kier alpha value is -1.80. The van der Waals surface area contributed by atoms with Crippen LogP contribution in [0.25, 0.3) is 11.0 Å². The van der Waals surface area contributed by atoms with Gasteiger partial charge < -0.3 is 4.98 Å². The first-order chi connectivity index (χ1) is 9.91. The molecule has 2 aromatic heterocycles. The van der Waals surface area contributed by atoms with Gasteiger partial charge in [-0.2, -0.15) is 13.2 Å². The Balaban J connectivity index is 1.95. The smallest absolute Gasteiger partial charge is 0.333 e. The molecule has 0 atom stereocenters. The van der Waals surface area contributed by atoms with E-state index in [1.54, 1.807) is 6.07 Å². The van der Waals surface area contributed by atoms with Gasteiger partial charge in [-0.05, 0) is 35.5 Å². The number of benzene rings is 1. The minimum absolute atomic E-state index is 0.0707. The van der Waals surface area contributed by atoms with Gasteiger partial charge in [0, 0.05) is 6.07 Å². The number of hydrogen-bond acceptors (Lipinski definition) is 4. The standard InChI is InChI=1S/C12H6ClF3N4S/c13-10-19-8(12(14,15)16)5-9(20-10)21-11-17-6-3-1-2-4-7(6)18-11/h1-5H,(H,17,18). The van der Waals surface area contributed by atoms with Crippen LogP contribution in [-0.2, 0) is 6.18 Å². The van der Waals surface area contributed by atoms with E-state index in [-0.39, 0.29) is 5.03 Å². The molecule has 0 unspecified atom stereocenters. The van der Waals surface area contributed by atoms with E-state index in [4.69, 9.17) is 11.6 Å². The summed E-state index contributed by atoms with van der Waals surface area (Å²) >= 11 is 6.49. The molecular formula is C12H6ClF3N4S. The number of imidazole rings is 1. The number of halogens is 4. The molecule has 0 saturated carbocycles. The SMILES string of the molecule is FC(F)(F)c1cc(Sc2nc3ccccc3[nH]2)nc(Cl)n1. The van der Waals surface area contributed by atoms with Crippen LogP contribution in [0, 0.1) is 0 Å². The highest BCUT2D eigenvalue weighted by molar-refractivity contribution is 7.99. The quantitative estimate of drug-likeness (QED) is 0.566. The van der Waals surface area contributed by atoms with Crippen LogP contribution in [-0.4, -0.2) is 19.9 Å². The van der Waals surface area contributed by atoms with Gasteiger partial charge in [0.2, 0.25) is 5.28 Å².